The molecular formula is C13H16N4OS. The maximum absolute atomic E-state index is 5.16. The average Bonchev–Trinajstić information content (AvgIpc) is 2.78. The van der Waals surface area contributed by atoms with Crippen molar-refractivity contribution in [2.24, 2.45) is 5.10 Å². The fraction of sp³-hybridized carbons (Fsp3) is 0.308. The highest BCUT2D eigenvalue weighted by atomic mass is 32.1. The fourth-order valence-corrected chi connectivity index (χ4v) is 1.79. The fourth-order valence-electron chi connectivity index (χ4n) is 1.60. The Labute approximate surface area is 116 Å². The zero-order chi connectivity index (χ0) is 13.8. The number of benzene rings is 1. The van der Waals surface area contributed by atoms with Gasteiger partial charge in [0.1, 0.15) is 5.75 Å². The van der Waals surface area contributed by atoms with Gasteiger partial charge in [-0.25, -0.2) is 0 Å². The van der Waals surface area contributed by atoms with Crippen molar-refractivity contribution in [1.29, 1.82) is 0 Å². The molecule has 6 heteroatoms. The Bertz CT molecular complexity index is 625. The molecule has 1 heterocycles. The molecule has 0 fully saturated rings. The standard InChI is InChI=1S/C13H16N4OS/c1-9(2)12-15-16-13(19)17(12)14-8-10-4-6-11(18-3)7-5-10/h4-9H,1-3H3,(H,16,19)/b14-8-. The first-order valence-electron chi connectivity index (χ1n) is 5.97. The van der Waals surface area contributed by atoms with Crippen LogP contribution in [0.4, 0.5) is 0 Å². The van der Waals surface area contributed by atoms with Gasteiger partial charge in [0.25, 0.3) is 0 Å². The van der Waals surface area contributed by atoms with Gasteiger partial charge in [-0.1, -0.05) is 13.8 Å². The Hall–Kier alpha value is -1.95. The maximum Gasteiger partial charge on any atom is 0.216 e. The highest BCUT2D eigenvalue weighted by molar-refractivity contribution is 7.71. The van der Waals surface area contributed by atoms with Gasteiger partial charge < -0.3 is 4.74 Å². The van der Waals surface area contributed by atoms with E-state index in [0.29, 0.717) is 4.77 Å². The number of ether oxygens (including phenoxy) is 1. The molecule has 1 aromatic heterocycles. The zero-order valence-electron chi connectivity index (χ0n) is 11.1. The van der Waals surface area contributed by atoms with Crippen molar-refractivity contribution >= 4 is 18.4 Å². The summed E-state index contributed by atoms with van der Waals surface area (Å²) in [6.07, 6.45) is 1.75. The van der Waals surface area contributed by atoms with Gasteiger partial charge in [0.2, 0.25) is 4.77 Å². The summed E-state index contributed by atoms with van der Waals surface area (Å²) in [5.41, 5.74) is 0.971. The van der Waals surface area contributed by atoms with Crippen molar-refractivity contribution in [3.05, 3.63) is 40.4 Å². The molecule has 0 aliphatic rings. The van der Waals surface area contributed by atoms with Gasteiger partial charge >= 0.3 is 0 Å². The first kappa shape index (κ1) is 13.5. The van der Waals surface area contributed by atoms with Crippen LogP contribution in [0.5, 0.6) is 5.75 Å². The van der Waals surface area contributed by atoms with Crippen molar-refractivity contribution in [3.63, 3.8) is 0 Å². The predicted molar refractivity (Wildman–Crippen MR) is 77.5 cm³/mol. The van der Waals surface area contributed by atoms with E-state index in [0.717, 1.165) is 17.1 Å². The van der Waals surface area contributed by atoms with Crippen LogP contribution in [0.1, 0.15) is 31.2 Å². The Morgan fingerprint density at radius 3 is 2.63 bits per heavy atom. The number of aromatic amines is 1. The number of hydrogen-bond acceptors (Lipinski definition) is 4. The van der Waals surface area contributed by atoms with Crippen LogP contribution in [0.2, 0.25) is 0 Å². The molecule has 0 bridgehead atoms. The molecule has 0 radical (unpaired) electrons. The average molecular weight is 276 g/mol. The minimum absolute atomic E-state index is 0.251. The van der Waals surface area contributed by atoms with E-state index in [1.807, 2.05) is 38.1 Å². The summed E-state index contributed by atoms with van der Waals surface area (Å²) in [6.45, 7) is 4.09. The van der Waals surface area contributed by atoms with Gasteiger partial charge in [0.15, 0.2) is 5.82 Å². The first-order valence-corrected chi connectivity index (χ1v) is 6.38. The highest BCUT2D eigenvalue weighted by Gasteiger charge is 2.08. The third kappa shape index (κ3) is 3.08. The van der Waals surface area contributed by atoms with Gasteiger partial charge in [-0.2, -0.15) is 14.9 Å². The monoisotopic (exact) mass is 276 g/mol. The molecule has 0 saturated carbocycles. The van der Waals surface area contributed by atoms with Crippen molar-refractivity contribution in [2.75, 3.05) is 7.11 Å². The van der Waals surface area contributed by atoms with Crippen LogP contribution in [-0.4, -0.2) is 28.2 Å². The molecule has 2 rings (SSSR count). The third-order valence-electron chi connectivity index (χ3n) is 2.63. The van der Waals surface area contributed by atoms with E-state index >= 15 is 0 Å². The molecule has 0 aliphatic carbocycles. The topological polar surface area (TPSA) is 55.2 Å². The molecule has 0 unspecified atom stereocenters. The molecule has 1 aromatic carbocycles. The van der Waals surface area contributed by atoms with E-state index in [9.17, 15) is 0 Å². The number of rotatable bonds is 4. The van der Waals surface area contributed by atoms with Crippen LogP contribution in [0.3, 0.4) is 0 Å². The smallest absolute Gasteiger partial charge is 0.216 e. The predicted octanol–water partition coefficient (Wildman–Crippen LogP) is 2.95. The highest BCUT2D eigenvalue weighted by Crippen LogP contribution is 2.12. The summed E-state index contributed by atoms with van der Waals surface area (Å²) < 4.78 is 7.24. The van der Waals surface area contributed by atoms with Crippen LogP contribution in [-0.2, 0) is 0 Å². The SMILES string of the molecule is COc1ccc(/C=N\n2c(C(C)C)n[nH]c2=S)cc1. The van der Waals surface area contributed by atoms with Crippen molar-refractivity contribution in [3.8, 4) is 5.75 Å². The van der Waals surface area contributed by atoms with E-state index in [2.05, 4.69) is 15.3 Å². The van der Waals surface area contributed by atoms with Gasteiger partial charge in [-0.3, -0.25) is 5.10 Å². The summed E-state index contributed by atoms with van der Waals surface area (Å²) in [4.78, 5) is 0. The number of H-pyrrole nitrogens is 1. The molecule has 19 heavy (non-hydrogen) atoms. The van der Waals surface area contributed by atoms with E-state index < -0.39 is 0 Å². The number of methoxy groups -OCH3 is 1. The molecule has 2 aromatic rings. The molecule has 1 N–H and O–H groups in total. The van der Waals surface area contributed by atoms with Crippen LogP contribution in [0.25, 0.3) is 0 Å². The largest absolute Gasteiger partial charge is 0.497 e. The van der Waals surface area contributed by atoms with Crippen LogP contribution in [0, 0.1) is 4.77 Å². The summed E-state index contributed by atoms with van der Waals surface area (Å²) >= 11 is 5.16. The lowest BCUT2D eigenvalue weighted by atomic mass is 10.2. The van der Waals surface area contributed by atoms with Gasteiger partial charge in [-0.05, 0) is 42.0 Å². The first-order chi connectivity index (χ1) is 9.11. The van der Waals surface area contributed by atoms with Crippen LogP contribution in [0.15, 0.2) is 29.4 Å². The quantitative estimate of drug-likeness (QED) is 0.690. The molecular weight excluding hydrogens is 260 g/mol. The number of aromatic nitrogens is 3. The third-order valence-corrected chi connectivity index (χ3v) is 2.89. The summed E-state index contributed by atoms with van der Waals surface area (Å²) in [7, 11) is 1.64. The van der Waals surface area contributed by atoms with Crippen molar-refractivity contribution in [2.45, 2.75) is 19.8 Å². The second-order valence-corrected chi connectivity index (χ2v) is 4.76. The van der Waals surface area contributed by atoms with Crippen molar-refractivity contribution in [1.82, 2.24) is 14.9 Å². The Balaban J connectivity index is 2.27. The molecule has 0 aliphatic heterocycles. The number of nitrogens with one attached hydrogen (secondary N) is 1. The summed E-state index contributed by atoms with van der Waals surface area (Å²) in [6, 6.07) is 7.64. The minimum Gasteiger partial charge on any atom is -0.497 e. The van der Waals surface area contributed by atoms with Gasteiger partial charge in [0, 0.05) is 5.92 Å². The van der Waals surface area contributed by atoms with Crippen LogP contribution < -0.4 is 4.74 Å². The number of hydrogen-bond donors (Lipinski definition) is 1. The maximum atomic E-state index is 5.16. The van der Waals surface area contributed by atoms with Crippen LogP contribution >= 0.6 is 12.2 Å². The lowest BCUT2D eigenvalue weighted by molar-refractivity contribution is 0.415. The summed E-state index contributed by atoms with van der Waals surface area (Å²) in [5, 5.41) is 11.3. The molecule has 5 nitrogen and oxygen atoms in total. The van der Waals surface area contributed by atoms with Gasteiger partial charge in [0.05, 0.1) is 13.3 Å². The molecule has 0 amide bonds. The second-order valence-electron chi connectivity index (χ2n) is 4.37. The Morgan fingerprint density at radius 1 is 1.37 bits per heavy atom. The van der Waals surface area contributed by atoms with E-state index in [1.165, 1.54) is 0 Å². The van der Waals surface area contributed by atoms with E-state index in [4.69, 9.17) is 17.0 Å². The summed E-state index contributed by atoms with van der Waals surface area (Å²) in [5.74, 6) is 1.88. The Morgan fingerprint density at radius 2 is 2.05 bits per heavy atom. The lowest BCUT2D eigenvalue weighted by Crippen LogP contribution is -2.00. The molecule has 0 spiro atoms. The number of nitrogens with zero attached hydrogens (tertiary/aromatic N) is 3. The van der Waals surface area contributed by atoms with Crippen molar-refractivity contribution < 1.29 is 4.74 Å². The minimum atomic E-state index is 0.251. The molecule has 0 atom stereocenters. The second kappa shape index (κ2) is 5.79. The lowest BCUT2D eigenvalue weighted by Gasteiger charge is -2.03. The zero-order valence-corrected chi connectivity index (χ0v) is 11.9. The normalized spacial score (nSPS) is 11.4. The molecule has 100 valence electrons. The molecule has 0 saturated heterocycles. The Kier molecular flexibility index (Phi) is 4.11. The van der Waals surface area contributed by atoms with E-state index in [1.54, 1.807) is 18.0 Å². The van der Waals surface area contributed by atoms with E-state index in [-0.39, 0.29) is 5.92 Å². The van der Waals surface area contributed by atoms with Gasteiger partial charge in [-0.15, -0.1) is 0 Å².